The average molecular weight is 321 g/mol. The minimum atomic E-state index is -0.539. The van der Waals surface area contributed by atoms with E-state index >= 15 is 0 Å². The van der Waals surface area contributed by atoms with Crippen LogP contribution in [-0.4, -0.2) is 37.9 Å². The molecule has 1 heterocycles. The Morgan fingerprint density at radius 1 is 1.26 bits per heavy atom. The van der Waals surface area contributed by atoms with Crippen LogP contribution < -0.4 is 20.7 Å². The summed E-state index contributed by atoms with van der Waals surface area (Å²) in [4.78, 5) is 12.0. The third-order valence-corrected chi connectivity index (χ3v) is 3.55. The maximum Gasteiger partial charge on any atom is 0.412 e. The molecule has 0 bridgehead atoms. The van der Waals surface area contributed by atoms with Crippen LogP contribution in [0.4, 0.5) is 16.2 Å². The number of hydrogen-bond acceptors (Lipinski definition) is 5. The van der Waals surface area contributed by atoms with Gasteiger partial charge in [0.2, 0.25) is 0 Å². The lowest BCUT2D eigenvalue weighted by molar-refractivity contribution is 0.0635. The van der Waals surface area contributed by atoms with Gasteiger partial charge in [-0.1, -0.05) is 0 Å². The van der Waals surface area contributed by atoms with Crippen molar-refractivity contribution in [2.45, 2.75) is 45.3 Å². The van der Waals surface area contributed by atoms with E-state index in [1.807, 2.05) is 39.0 Å². The molecule has 0 atom stereocenters. The topological polar surface area (TPSA) is 71.6 Å². The Kier molecular flexibility index (Phi) is 5.71. The Labute approximate surface area is 137 Å². The predicted octanol–water partition coefficient (Wildman–Crippen LogP) is 3.21. The summed E-state index contributed by atoms with van der Waals surface area (Å²) < 4.78 is 10.6. The first-order chi connectivity index (χ1) is 10.9. The number of hydrogen-bond donors (Lipinski definition) is 3. The van der Waals surface area contributed by atoms with Crippen LogP contribution in [0.2, 0.25) is 0 Å². The third-order valence-electron chi connectivity index (χ3n) is 3.55. The van der Waals surface area contributed by atoms with Crippen LogP contribution in [-0.2, 0) is 4.74 Å². The lowest BCUT2D eigenvalue weighted by Crippen LogP contribution is -2.35. The number of methoxy groups -OCH3 is 1. The molecule has 1 amide bonds. The molecule has 1 aromatic carbocycles. The molecule has 1 saturated heterocycles. The van der Waals surface area contributed by atoms with E-state index in [-0.39, 0.29) is 0 Å². The maximum atomic E-state index is 12.0. The van der Waals surface area contributed by atoms with E-state index in [0.29, 0.717) is 17.5 Å². The number of carbonyl (C=O) groups is 1. The van der Waals surface area contributed by atoms with Gasteiger partial charge in [-0.15, -0.1) is 0 Å². The summed E-state index contributed by atoms with van der Waals surface area (Å²) >= 11 is 0. The van der Waals surface area contributed by atoms with Gasteiger partial charge >= 0.3 is 6.09 Å². The number of ether oxygens (including phenoxy) is 2. The zero-order valence-corrected chi connectivity index (χ0v) is 14.4. The summed E-state index contributed by atoms with van der Waals surface area (Å²) in [5, 5.41) is 9.61. The standard InChI is InChI=1S/C17H27N3O3/c1-17(2,3)23-16(21)20-14-11-13(5-6-15(14)22-4)19-12-7-9-18-10-8-12/h5-6,11-12,18-19H,7-10H2,1-4H3,(H,20,21). The Morgan fingerprint density at radius 2 is 1.96 bits per heavy atom. The van der Waals surface area contributed by atoms with Gasteiger partial charge in [0.1, 0.15) is 11.4 Å². The fourth-order valence-corrected chi connectivity index (χ4v) is 2.51. The van der Waals surface area contributed by atoms with Crippen molar-refractivity contribution in [1.29, 1.82) is 0 Å². The van der Waals surface area contributed by atoms with E-state index in [9.17, 15) is 4.79 Å². The maximum absolute atomic E-state index is 12.0. The van der Waals surface area contributed by atoms with Gasteiger partial charge in [-0.05, 0) is 64.9 Å². The average Bonchev–Trinajstić information content (AvgIpc) is 2.46. The van der Waals surface area contributed by atoms with Crippen LogP contribution in [0, 0.1) is 0 Å². The molecular formula is C17H27N3O3. The van der Waals surface area contributed by atoms with E-state index in [2.05, 4.69) is 16.0 Å². The summed E-state index contributed by atoms with van der Waals surface area (Å²) in [5.41, 5.74) is 1.02. The number of rotatable bonds is 4. The molecule has 1 aliphatic heterocycles. The van der Waals surface area contributed by atoms with Crippen LogP contribution in [0.5, 0.6) is 5.75 Å². The van der Waals surface area contributed by atoms with Crippen molar-refractivity contribution >= 4 is 17.5 Å². The number of anilines is 2. The highest BCUT2D eigenvalue weighted by molar-refractivity contribution is 5.88. The van der Waals surface area contributed by atoms with Gasteiger partial charge in [-0.3, -0.25) is 5.32 Å². The van der Waals surface area contributed by atoms with Crippen LogP contribution in [0.1, 0.15) is 33.6 Å². The van der Waals surface area contributed by atoms with Gasteiger partial charge in [0.15, 0.2) is 0 Å². The second-order valence-electron chi connectivity index (χ2n) is 6.71. The number of nitrogens with one attached hydrogen (secondary N) is 3. The molecule has 0 radical (unpaired) electrons. The van der Waals surface area contributed by atoms with Crippen molar-refractivity contribution in [1.82, 2.24) is 5.32 Å². The Morgan fingerprint density at radius 3 is 2.57 bits per heavy atom. The van der Waals surface area contributed by atoms with Crippen molar-refractivity contribution in [2.75, 3.05) is 30.8 Å². The van der Waals surface area contributed by atoms with Crippen molar-refractivity contribution in [3.8, 4) is 5.75 Å². The molecule has 0 unspecified atom stereocenters. The van der Waals surface area contributed by atoms with Crippen molar-refractivity contribution < 1.29 is 14.3 Å². The summed E-state index contributed by atoms with van der Waals surface area (Å²) in [6.45, 7) is 7.55. The molecule has 1 fully saturated rings. The summed E-state index contributed by atoms with van der Waals surface area (Å²) in [7, 11) is 1.58. The molecule has 1 aliphatic rings. The molecule has 0 spiro atoms. The van der Waals surface area contributed by atoms with Crippen molar-refractivity contribution in [2.24, 2.45) is 0 Å². The third kappa shape index (κ3) is 5.63. The van der Waals surface area contributed by atoms with E-state index in [1.54, 1.807) is 7.11 Å². The first-order valence-electron chi connectivity index (χ1n) is 8.03. The van der Waals surface area contributed by atoms with E-state index in [4.69, 9.17) is 9.47 Å². The van der Waals surface area contributed by atoms with Gasteiger partial charge < -0.3 is 20.1 Å². The van der Waals surface area contributed by atoms with E-state index in [0.717, 1.165) is 31.6 Å². The Bertz CT molecular complexity index is 534. The molecule has 0 aliphatic carbocycles. The van der Waals surface area contributed by atoms with Crippen LogP contribution in [0.25, 0.3) is 0 Å². The molecule has 3 N–H and O–H groups in total. The SMILES string of the molecule is COc1ccc(NC2CCNCC2)cc1NC(=O)OC(C)(C)C. The zero-order chi connectivity index (χ0) is 16.9. The molecule has 6 nitrogen and oxygen atoms in total. The minimum Gasteiger partial charge on any atom is -0.495 e. The lowest BCUT2D eigenvalue weighted by atomic mass is 10.1. The van der Waals surface area contributed by atoms with Crippen LogP contribution in [0.3, 0.4) is 0 Å². The minimum absolute atomic E-state index is 0.444. The molecule has 0 saturated carbocycles. The molecule has 0 aromatic heterocycles. The first kappa shape index (κ1) is 17.4. The number of benzene rings is 1. The van der Waals surface area contributed by atoms with Crippen molar-refractivity contribution in [3.63, 3.8) is 0 Å². The fourth-order valence-electron chi connectivity index (χ4n) is 2.51. The number of piperidine rings is 1. The molecule has 6 heteroatoms. The predicted molar refractivity (Wildman–Crippen MR) is 92.4 cm³/mol. The van der Waals surface area contributed by atoms with Gasteiger partial charge in [0.25, 0.3) is 0 Å². The summed E-state index contributed by atoms with van der Waals surface area (Å²) in [5.74, 6) is 0.603. The van der Waals surface area contributed by atoms with Gasteiger partial charge in [0, 0.05) is 11.7 Å². The Balaban J connectivity index is 2.07. The first-order valence-corrected chi connectivity index (χ1v) is 8.03. The van der Waals surface area contributed by atoms with Crippen LogP contribution >= 0.6 is 0 Å². The zero-order valence-electron chi connectivity index (χ0n) is 14.4. The second-order valence-corrected chi connectivity index (χ2v) is 6.71. The lowest BCUT2D eigenvalue weighted by Gasteiger charge is -2.25. The largest absolute Gasteiger partial charge is 0.495 e. The normalized spacial score (nSPS) is 15.8. The smallest absolute Gasteiger partial charge is 0.412 e. The van der Waals surface area contributed by atoms with Gasteiger partial charge in [-0.2, -0.15) is 0 Å². The summed E-state index contributed by atoms with van der Waals surface area (Å²) in [6.07, 6.45) is 1.68. The highest BCUT2D eigenvalue weighted by atomic mass is 16.6. The number of carbonyl (C=O) groups excluding carboxylic acids is 1. The molecule has 1 aromatic rings. The fraction of sp³-hybridized carbons (Fsp3) is 0.588. The van der Waals surface area contributed by atoms with Gasteiger partial charge in [0.05, 0.1) is 12.8 Å². The van der Waals surface area contributed by atoms with E-state index in [1.165, 1.54) is 0 Å². The van der Waals surface area contributed by atoms with E-state index < -0.39 is 11.7 Å². The molecule has 23 heavy (non-hydrogen) atoms. The Hall–Kier alpha value is -1.95. The molecule has 128 valence electrons. The number of amides is 1. The van der Waals surface area contributed by atoms with Gasteiger partial charge in [-0.25, -0.2) is 4.79 Å². The van der Waals surface area contributed by atoms with Crippen molar-refractivity contribution in [3.05, 3.63) is 18.2 Å². The molecular weight excluding hydrogens is 294 g/mol. The highest BCUT2D eigenvalue weighted by Gasteiger charge is 2.18. The summed E-state index contributed by atoms with van der Waals surface area (Å²) in [6, 6.07) is 6.13. The highest BCUT2D eigenvalue weighted by Crippen LogP contribution is 2.29. The molecule has 2 rings (SSSR count). The quantitative estimate of drug-likeness (QED) is 0.794. The monoisotopic (exact) mass is 321 g/mol. The van der Waals surface area contributed by atoms with Crippen LogP contribution in [0.15, 0.2) is 18.2 Å². The second kappa shape index (κ2) is 7.55.